The zero-order chi connectivity index (χ0) is 21.8. The molecule has 1 amide bonds. The fraction of sp³-hybridized carbons (Fsp3) is 0.478. The number of carbonyl (C=O) groups excluding carboxylic acids is 3. The third-order valence-corrected chi connectivity index (χ3v) is 6.03. The lowest BCUT2D eigenvalue weighted by molar-refractivity contribution is -0.135. The first-order valence-corrected chi connectivity index (χ1v) is 10.3. The molecule has 0 aliphatic heterocycles. The van der Waals surface area contributed by atoms with E-state index in [-0.39, 0.29) is 24.2 Å². The van der Waals surface area contributed by atoms with Crippen molar-refractivity contribution >= 4 is 17.7 Å². The van der Waals surface area contributed by atoms with Crippen molar-refractivity contribution < 1.29 is 19.1 Å². The van der Waals surface area contributed by atoms with Crippen LogP contribution in [-0.4, -0.2) is 45.8 Å². The summed E-state index contributed by atoms with van der Waals surface area (Å²) in [5.74, 6) is -0.667. The fourth-order valence-corrected chi connectivity index (χ4v) is 4.38. The number of pyridine rings is 1. The molecular formula is C23H29N3O4. The topological polar surface area (TPSA) is 81.5 Å². The van der Waals surface area contributed by atoms with Crippen LogP contribution >= 0.6 is 0 Å². The van der Waals surface area contributed by atoms with Crippen molar-refractivity contribution in [3.05, 3.63) is 52.6 Å². The highest BCUT2D eigenvalue weighted by atomic mass is 16.5. The SMILES string of the molecule is COC(=O)c1c(C)c(C(=O)CN(Cc2cccnc2)C(=O)C2CCCC2)c(C)n1C. The van der Waals surface area contributed by atoms with E-state index in [9.17, 15) is 14.4 Å². The lowest BCUT2D eigenvalue weighted by atomic mass is 10.0. The minimum absolute atomic E-state index is 0.0177. The maximum absolute atomic E-state index is 13.3. The summed E-state index contributed by atoms with van der Waals surface area (Å²) in [7, 11) is 3.06. The number of methoxy groups -OCH3 is 1. The molecule has 2 aromatic heterocycles. The standard InChI is InChI=1S/C23H29N3O4/c1-15-20(16(2)25(3)21(15)23(29)30-4)19(27)14-26(13-17-8-7-11-24-12-17)22(28)18-9-5-6-10-18/h7-8,11-12,18H,5-6,9-10,13-14H2,1-4H3. The monoisotopic (exact) mass is 411 g/mol. The molecule has 1 fully saturated rings. The predicted molar refractivity (Wildman–Crippen MR) is 112 cm³/mol. The van der Waals surface area contributed by atoms with Gasteiger partial charge in [-0.1, -0.05) is 18.9 Å². The second kappa shape index (κ2) is 9.24. The lowest BCUT2D eigenvalue weighted by Crippen LogP contribution is -2.39. The molecule has 1 aliphatic rings. The van der Waals surface area contributed by atoms with Crippen LogP contribution < -0.4 is 0 Å². The van der Waals surface area contributed by atoms with Crippen LogP contribution in [0, 0.1) is 19.8 Å². The van der Waals surface area contributed by atoms with E-state index in [4.69, 9.17) is 4.74 Å². The number of esters is 1. The van der Waals surface area contributed by atoms with Crippen molar-refractivity contribution in [2.24, 2.45) is 13.0 Å². The molecule has 1 saturated carbocycles. The molecule has 0 bridgehead atoms. The van der Waals surface area contributed by atoms with Gasteiger partial charge in [-0.05, 0) is 43.9 Å². The minimum atomic E-state index is -0.480. The maximum Gasteiger partial charge on any atom is 0.354 e. The van der Waals surface area contributed by atoms with Gasteiger partial charge in [0.25, 0.3) is 0 Å². The number of carbonyl (C=O) groups is 3. The molecule has 30 heavy (non-hydrogen) atoms. The Morgan fingerprint density at radius 3 is 2.53 bits per heavy atom. The molecule has 7 nitrogen and oxygen atoms in total. The van der Waals surface area contributed by atoms with E-state index in [1.54, 1.807) is 42.8 Å². The number of Topliss-reactive ketones (excluding diaryl/α,β-unsaturated/α-hetero) is 1. The molecule has 2 heterocycles. The van der Waals surface area contributed by atoms with Gasteiger partial charge in [-0.3, -0.25) is 14.6 Å². The van der Waals surface area contributed by atoms with Gasteiger partial charge in [0.1, 0.15) is 5.69 Å². The van der Waals surface area contributed by atoms with E-state index in [0.717, 1.165) is 31.2 Å². The van der Waals surface area contributed by atoms with Crippen LogP contribution in [0.2, 0.25) is 0 Å². The molecule has 2 aromatic rings. The van der Waals surface area contributed by atoms with Crippen LogP contribution in [0.3, 0.4) is 0 Å². The molecular weight excluding hydrogens is 382 g/mol. The maximum atomic E-state index is 13.3. The number of ketones is 1. The first-order chi connectivity index (χ1) is 14.3. The van der Waals surface area contributed by atoms with E-state index < -0.39 is 5.97 Å². The average molecular weight is 412 g/mol. The molecule has 160 valence electrons. The predicted octanol–water partition coefficient (Wildman–Crippen LogP) is 3.23. The van der Waals surface area contributed by atoms with Gasteiger partial charge in [-0.2, -0.15) is 0 Å². The number of aromatic nitrogens is 2. The van der Waals surface area contributed by atoms with Gasteiger partial charge in [0.05, 0.1) is 13.7 Å². The Hall–Kier alpha value is -2.96. The second-order valence-corrected chi connectivity index (χ2v) is 7.94. The van der Waals surface area contributed by atoms with E-state index in [0.29, 0.717) is 29.1 Å². The molecule has 0 N–H and O–H groups in total. The third kappa shape index (κ3) is 4.30. The Kier molecular flexibility index (Phi) is 6.70. The molecule has 0 aromatic carbocycles. The van der Waals surface area contributed by atoms with E-state index in [1.165, 1.54) is 7.11 Å². The normalized spacial score (nSPS) is 14.0. The number of amides is 1. The van der Waals surface area contributed by atoms with Crippen molar-refractivity contribution in [2.45, 2.75) is 46.1 Å². The van der Waals surface area contributed by atoms with Gasteiger partial charge < -0.3 is 14.2 Å². The quantitative estimate of drug-likeness (QED) is 0.516. The highest BCUT2D eigenvalue weighted by Gasteiger charge is 2.31. The molecule has 0 saturated heterocycles. The van der Waals surface area contributed by atoms with Crippen molar-refractivity contribution in [3.8, 4) is 0 Å². The van der Waals surface area contributed by atoms with Crippen LogP contribution in [0.25, 0.3) is 0 Å². The minimum Gasteiger partial charge on any atom is -0.464 e. The summed E-state index contributed by atoms with van der Waals surface area (Å²) < 4.78 is 6.55. The van der Waals surface area contributed by atoms with Crippen LogP contribution in [-0.2, 0) is 23.1 Å². The van der Waals surface area contributed by atoms with Gasteiger partial charge in [0.15, 0.2) is 5.78 Å². The Morgan fingerprint density at radius 1 is 1.23 bits per heavy atom. The Balaban J connectivity index is 1.89. The van der Waals surface area contributed by atoms with Gasteiger partial charge in [0, 0.05) is 43.2 Å². The summed E-state index contributed by atoms with van der Waals surface area (Å²) in [5, 5.41) is 0. The molecule has 0 radical (unpaired) electrons. The zero-order valence-electron chi connectivity index (χ0n) is 18.1. The number of hydrogen-bond acceptors (Lipinski definition) is 5. The number of rotatable bonds is 7. The Morgan fingerprint density at radius 2 is 1.93 bits per heavy atom. The molecule has 0 spiro atoms. The van der Waals surface area contributed by atoms with E-state index >= 15 is 0 Å². The van der Waals surface area contributed by atoms with Crippen molar-refractivity contribution in [3.63, 3.8) is 0 Å². The number of hydrogen-bond donors (Lipinski definition) is 0. The summed E-state index contributed by atoms with van der Waals surface area (Å²) >= 11 is 0. The largest absolute Gasteiger partial charge is 0.464 e. The van der Waals surface area contributed by atoms with Crippen molar-refractivity contribution in [2.75, 3.05) is 13.7 Å². The van der Waals surface area contributed by atoms with Crippen molar-refractivity contribution in [1.82, 2.24) is 14.5 Å². The molecule has 7 heteroatoms. The fourth-order valence-electron chi connectivity index (χ4n) is 4.38. The summed E-state index contributed by atoms with van der Waals surface area (Å²) in [4.78, 5) is 44.4. The first-order valence-electron chi connectivity index (χ1n) is 10.3. The van der Waals surface area contributed by atoms with Crippen molar-refractivity contribution in [1.29, 1.82) is 0 Å². The number of ether oxygens (including phenoxy) is 1. The van der Waals surface area contributed by atoms with Gasteiger partial charge in [-0.25, -0.2) is 4.79 Å². The van der Waals surface area contributed by atoms with Crippen LogP contribution in [0.5, 0.6) is 0 Å². The van der Waals surface area contributed by atoms with Gasteiger partial charge >= 0.3 is 5.97 Å². The van der Waals surface area contributed by atoms with Gasteiger partial charge in [0.2, 0.25) is 5.91 Å². The Bertz CT molecular complexity index is 943. The van der Waals surface area contributed by atoms with Crippen LogP contribution in [0.1, 0.15) is 63.4 Å². The third-order valence-electron chi connectivity index (χ3n) is 6.03. The molecule has 1 aliphatic carbocycles. The summed E-state index contributed by atoms with van der Waals surface area (Å²) in [6.07, 6.45) is 7.23. The summed E-state index contributed by atoms with van der Waals surface area (Å²) in [5.41, 5.74) is 3.00. The Labute approximate surface area is 177 Å². The zero-order valence-corrected chi connectivity index (χ0v) is 18.1. The van der Waals surface area contributed by atoms with Crippen LogP contribution in [0.15, 0.2) is 24.5 Å². The number of nitrogens with zero attached hydrogens (tertiary/aromatic N) is 3. The van der Waals surface area contributed by atoms with Crippen LogP contribution in [0.4, 0.5) is 0 Å². The average Bonchev–Trinajstić information content (AvgIpc) is 3.35. The van der Waals surface area contributed by atoms with E-state index in [2.05, 4.69) is 4.98 Å². The molecule has 0 atom stereocenters. The second-order valence-electron chi connectivity index (χ2n) is 7.94. The molecule has 0 unspecified atom stereocenters. The van der Waals surface area contributed by atoms with E-state index in [1.807, 2.05) is 12.1 Å². The highest BCUT2D eigenvalue weighted by molar-refractivity contribution is 6.04. The first kappa shape index (κ1) is 21.7. The summed E-state index contributed by atoms with van der Waals surface area (Å²) in [6.45, 7) is 3.86. The summed E-state index contributed by atoms with van der Waals surface area (Å²) in [6, 6.07) is 3.73. The highest BCUT2D eigenvalue weighted by Crippen LogP contribution is 2.28. The molecule has 3 rings (SSSR count). The lowest BCUT2D eigenvalue weighted by Gasteiger charge is -2.25. The smallest absolute Gasteiger partial charge is 0.354 e. The van der Waals surface area contributed by atoms with Gasteiger partial charge in [-0.15, -0.1) is 0 Å².